The summed E-state index contributed by atoms with van der Waals surface area (Å²) in [4.78, 5) is 33.6. The van der Waals surface area contributed by atoms with Gasteiger partial charge in [-0.1, -0.05) is 11.8 Å². The zero-order valence-electron chi connectivity index (χ0n) is 14.4. The van der Waals surface area contributed by atoms with Crippen LogP contribution in [0.2, 0.25) is 0 Å². The van der Waals surface area contributed by atoms with E-state index >= 15 is 0 Å². The van der Waals surface area contributed by atoms with E-state index in [1.807, 2.05) is 27.0 Å². The van der Waals surface area contributed by atoms with Gasteiger partial charge in [0.1, 0.15) is 5.60 Å². The predicted molar refractivity (Wildman–Crippen MR) is 90.6 cm³/mol. The molecule has 2 heterocycles. The number of carboxylic acid groups (broad SMARTS) is 1. The topological polar surface area (TPSA) is 92.6 Å². The van der Waals surface area contributed by atoms with E-state index in [1.54, 1.807) is 4.90 Å². The van der Waals surface area contributed by atoms with Crippen molar-refractivity contribution in [1.82, 2.24) is 14.9 Å². The molecule has 0 bridgehead atoms. The van der Waals surface area contributed by atoms with Gasteiger partial charge in [0, 0.05) is 25.2 Å². The van der Waals surface area contributed by atoms with Crippen LogP contribution in [0.5, 0.6) is 0 Å². The van der Waals surface area contributed by atoms with Crippen molar-refractivity contribution in [3.63, 3.8) is 0 Å². The van der Waals surface area contributed by atoms with Gasteiger partial charge in [-0.3, -0.25) is 0 Å². The van der Waals surface area contributed by atoms with Crippen LogP contribution in [0.1, 0.15) is 55.6 Å². The number of hydrogen-bond acceptors (Lipinski definition) is 6. The van der Waals surface area contributed by atoms with Crippen molar-refractivity contribution in [3.05, 3.63) is 17.5 Å². The SMILES string of the molecule is CSc1ncc(C(=O)O)c(C2CCN(C(=O)OC(C)(C)C)CC2)n1. The summed E-state index contributed by atoms with van der Waals surface area (Å²) in [6.45, 7) is 6.55. The van der Waals surface area contributed by atoms with E-state index in [9.17, 15) is 14.7 Å². The van der Waals surface area contributed by atoms with Gasteiger partial charge in [-0.05, 0) is 39.9 Å². The fourth-order valence-electron chi connectivity index (χ4n) is 2.61. The Morgan fingerprint density at radius 2 is 1.96 bits per heavy atom. The van der Waals surface area contributed by atoms with Crippen molar-refractivity contribution in [2.24, 2.45) is 0 Å². The van der Waals surface area contributed by atoms with Gasteiger partial charge in [-0.15, -0.1) is 0 Å². The maximum atomic E-state index is 12.1. The Kier molecular flexibility index (Phi) is 5.69. The molecule has 1 aliphatic heterocycles. The lowest BCUT2D eigenvalue weighted by Crippen LogP contribution is -2.41. The second-order valence-corrected chi connectivity index (χ2v) is 7.48. The summed E-state index contributed by atoms with van der Waals surface area (Å²) in [5, 5.41) is 9.92. The molecule has 0 aromatic carbocycles. The third-order valence-electron chi connectivity index (χ3n) is 3.74. The highest BCUT2D eigenvalue weighted by molar-refractivity contribution is 7.98. The number of aromatic carboxylic acids is 1. The molecule has 0 aliphatic carbocycles. The maximum Gasteiger partial charge on any atom is 0.410 e. The highest BCUT2D eigenvalue weighted by Crippen LogP contribution is 2.30. The molecule has 7 nitrogen and oxygen atoms in total. The minimum atomic E-state index is -1.02. The normalized spacial score (nSPS) is 16.1. The summed E-state index contributed by atoms with van der Waals surface area (Å²) >= 11 is 1.38. The smallest absolute Gasteiger partial charge is 0.410 e. The molecule has 0 radical (unpaired) electrons. The Morgan fingerprint density at radius 1 is 1.33 bits per heavy atom. The number of ether oxygens (including phenoxy) is 1. The number of aromatic nitrogens is 2. The summed E-state index contributed by atoms with van der Waals surface area (Å²) in [6, 6.07) is 0. The van der Waals surface area contributed by atoms with E-state index in [0.717, 1.165) is 0 Å². The predicted octanol–water partition coefficient (Wildman–Crippen LogP) is 3.01. The molecular formula is C16H23N3O4S. The molecule has 0 spiro atoms. The van der Waals surface area contributed by atoms with Gasteiger partial charge in [-0.2, -0.15) is 0 Å². The van der Waals surface area contributed by atoms with Crippen LogP contribution in [-0.4, -0.2) is 57.0 Å². The second-order valence-electron chi connectivity index (χ2n) is 6.70. The van der Waals surface area contributed by atoms with Crippen molar-refractivity contribution in [2.45, 2.75) is 50.3 Å². The van der Waals surface area contributed by atoms with Crippen LogP contribution in [0.15, 0.2) is 11.4 Å². The zero-order chi connectivity index (χ0) is 17.9. The molecule has 0 unspecified atom stereocenters. The summed E-state index contributed by atoms with van der Waals surface area (Å²) in [5.41, 5.74) is 0.179. The first-order valence-electron chi connectivity index (χ1n) is 7.83. The first kappa shape index (κ1) is 18.5. The van der Waals surface area contributed by atoms with Crippen LogP contribution in [-0.2, 0) is 4.74 Å². The molecule has 1 aromatic rings. The summed E-state index contributed by atoms with van der Waals surface area (Å²) in [5.74, 6) is -1.02. The van der Waals surface area contributed by atoms with E-state index in [1.165, 1.54) is 18.0 Å². The van der Waals surface area contributed by atoms with E-state index in [-0.39, 0.29) is 17.6 Å². The first-order valence-corrected chi connectivity index (χ1v) is 9.06. The van der Waals surface area contributed by atoms with Crippen LogP contribution in [0.3, 0.4) is 0 Å². The second kappa shape index (κ2) is 7.38. The average molecular weight is 353 g/mol. The van der Waals surface area contributed by atoms with Crippen molar-refractivity contribution in [2.75, 3.05) is 19.3 Å². The third-order valence-corrected chi connectivity index (χ3v) is 4.30. The molecule has 1 amide bonds. The van der Waals surface area contributed by atoms with E-state index in [4.69, 9.17) is 4.74 Å². The molecule has 1 saturated heterocycles. The number of likely N-dealkylation sites (tertiary alicyclic amines) is 1. The monoisotopic (exact) mass is 353 g/mol. The van der Waals surface area contributed by atoms with Crippen LogP contribution in [0.4, 0.5) is 4.79 Å². The Balaban J connectivity index is 2.09. The van der Waals surface area contributed by atoms with Crippen molar-refractivity contribution >= 4 is 23.8 Å². The average Bonchev–Trinajstić information content (AvgIpc) is 2.52. The Hall–Kier alpha value is -1.83. The molecule has 1 N–H and O–H groups in total. The number of carboxylic acids is 1. The third kappa shape index (κ3) is 4.59. The Labute approximate surface area is 145 Å². The highest BCUT2D eigenvalue weighted by Gasteiger charge is 2.30. The summed E-state index contributed by atoms with van der Waals surface area (Å²) < 4.78 is 5.38. The van der Waals surface area contributed by atoms with Crippen LogP contribution >= 0.6 is 11.8 Å². The Bertz CT molecular complexity index is 622. The number of carbonyl (C=O) groups excluding carboxylic acids is 1. The van der Waals surface area contributed by atoms with Gasteiger partial charge in [0.25, 0.3) is 0 Å². The van der Waals surface area contributed by atoms with Gasteiger partial charge in [-0.25, -0.2) is 19.6 Å². The maximum absolute atomic E-state index is 12.1. The summed E-state index contributed by atoms with van der Waals surface area (Å²) in [6.07, 6.45) is 4.21. The Morgan fingerprint density at radius 3 is 2.46 bits per heavy atom. The number of hydrogen-bond donors (Lipinski definition) is 1. The van der Waals surface area contributed by atoms with Gasteiger partial charge in [0.2, 0.25) is 0 Å². The quantitative estimate of drug-likeness (QED) is 0.659. The van der Waals surface area contributed by atoms with Crippen LogP contribution < -0.4 is 0 Å². The number of amides is 1. The molecule has 1 fully saturated rings. The molecule has 0 atom stereocenters. The fourth-order valence-corrected chi connectivity index (χ4v) is 2.96. The molecule has 2 rings (SSSR count). The number of nitrogens with zero attached hydrogens (tertiary/aromatic N) is 3. The van der Waals surface area contributed by atoms with Crippen molar-refractivity contribution < 1.29 is 19.4 Å². The molecule has 0 saturated carbocycles. The van der Waals surface area contributed by atoms with Gasteiger partial charge in [0.05, 0.1) is 11.3 Å². The molecule has 8 heteroatoms. The fraction of sp³-hybridized carbons (Fsp3) is 0.625. The number of carbonyl (C=O) groups is 2. The van der Waals surface area contributed by atoms with E-state index in [0.29, 0.717) is 36.8 Å². The van der Waals surface area contributed by atoms with Crippen molar-refractivity contribution in [1.29, 1.82) is 0 Å². The largest absolute Gasteiger partial charge is 0.478 e. The minimum absolute atomic E-state index is 0.00341. The van der Waals surface area contributed by atoms with Gasteiger partial charge in [0.15, 0.2) is 5.16 Å². The molecule has 1 aromatic heterocycles. The molecular weight excluding hydrogens is 330 g/mol. The van der Waals surface area contributed by atoms with E-state index in [2.05, 4.69) is 9.97 Å². The lowest BCUT2D eigenvalue weighted by molar-refractivity contribution is 0.0202. The molecule has 24 heavy (non-hydrogen) atoms. The summed E-state index contributed by atoms with van der Waals surface area (Å²) in [7, 11) is 0. The van der Waals surface area contributed by atoms with E-state index < -0.39 is 11.6 Å². The van der Waals surface area contributed by atoms with Crippen LogP contribution in [0.25, 0.3) is 0 Å². The molecule has 1 aliphatic rings. The number of rotatable bonds is 3. The van der Waals surface area contributed by atoms with Crippen molar-refractivity contribution in [3.8, 4) is 0 Å². The van der Waals surface area contributed by atoms with Crippen LogP contribution in [0, 0.1) is 0 Å². The highest BCUT2D eigenvalue weighted by atomic mass is 32.2. The zero-order valence-corrected chi connectivity index (χ0v) is 15.2. The van der Waals surface area contributed by atoms with Gasteiger partial charge >= 0.3 is 12.1 Å². The molecule has 132 valence electrons. The first-order chi connectivity index (χ1) is 11.2. The number of piperidine rings is 1. The lowest BCUT2D eigenvalue weighted by Gasteiger charge is -2.33. The van der Waals surface area contributed by atoms with Gasteiger partial charge < -0.3 is 14.7 Å². The lowest BCUT2D eigenvalue weighted by atomic mass is 9.91. The number of thioether (sulfide) groups is 1. The standard InChI is InChI=1S/C16H23N3O4S/c1-16(2,3)23-15(22)19-7-5-10(6-8-19)12-11(13(20)21)9-17-14(18-12)24-4/h9-10H,5-8H2,1-4H3,(H,20,21). The minimum Gasteiger partial charge on any atom is -0.478 e.